The van der Waals surface area contributed by atoms with Gasteiger partial charge in [-0.25, -0.2) is 4.79 Å². The summed E-state index contributed by atoms with van der Waals surface area (Å²) in [6.07, 6.45) is 0.354. The normalized spacial score (nSPS) is 14.3. The third-order valence-electron chi connectivity index (χ3n) is 3.40. The molecule has 1 atom stereocenters. The quantitative estimate of drug-likeness (QED) is 0.645. The SMILES string of the molecule is CCC(C(=O)O)(c1ccccc1)N(CCO)CCO. The predicted molar refractivity (Wildman–Crippen MR) is 71.8 cm³/mol. The molecule has 0 fully saturated rings. The van der Waals surface area contributed by atoms with Gasteiger partial charge in [0.25, 0.3) is 0 Å². The summed E-state index contributed by atoms with van der Waals surface area (Å²) < 4.78 is 0. The van der Waals surface area contributed by atoms with Crippen molar-refractivity contribution >= 4 is 5.97 Å². The Balaban J connectivity index is 3.28. The first-order valence-electron chi connectivity index (χ1n) is 6.39. The largest absolute Gasteiger partial charge is 0.480 e. The lowest BCUT2D eigenvalue weighted by molar-refractivity contribution is -0.154. The third kappa shape index (κ3) is 3.12. The standard InChI is InChI=1S/C14H21NO4/c1-2-14(13(18)19,12-6-4-3-5-7-12)15(8-10-16)9-11-17/h3-7,16-17H,2,8-11H2,1H3,(H,18,19). The number of carbonyl (C=O) groups is 1. The van der Waals surface area contributed by atoms with Crippen LogP contribution in [0.3, 0.4) is 0 Å². The number of aliphatic hydroxyl groups is 2. The molecule has 0 bridgehead atoms. The number of aliphatic hydroxyl groups excluding tert-OH is 2. The van der Waals surface area contributed by atoms with E-state index < -0.39 is 11.5 Å². The van der Waals surface area contributed by atoms with Gasteiger partial charge in [0.2, 0.25) is 0 Å². The Hall–Kier alpha value is -1.43. The Kier molecular flexibility index (Phi) is 5.95. The number of carboxylic acid groups (broad SMARTS) is 1. The van der Waals surface area contributed by atoms with Crippen LogP contribution in [0.15, 0.2) is 30.3 Å². The molecule has 19 heavy (non-hydrogen) atoms. The van der Waals surface area contributed by atoms with Gasteiger partial charge in [0.1, 0.15) is 5.54 Å². The lowest BCUT2D eigenvalue weighted by atomic mass is 9.85. The fraction of sp³-hybridized carbons (Fsp3) is 0.500. The van der Waals surface area contributed by atoms with Gasteiger partial charge in [0.15, 0.2) is 0 Å². The molecule has 0 heterocycles. The molecule has 5 heteroatoms. The first-order valence-corrected chi connectivity index (χ1v) is 6.39. The van der Waals surface area contributed by atoms with Crippen LogP contribution in [0.2, 0.25) is 0 Å². The van der Waals surface area contributed by atoms with Gasteiger partial charge < -0.3 is 15.3 Å². The highest BCUT2D eigenvalue weighted by Crippen LogP contribution is 2.32. The van der Waals surface area contributed by atoms with Crippen LogP contribution in [0.1, 0.15) is 18.9 Å². The highest BCUT2D eigenvalue weighted by Gasteiger charge is 2.43. The molecule has 1 rings (SSSR count). The summed E-state index contributed by atoms with van der Waals surface area (Å²) in [5, 5.41) is 28.0. The van der Waals surface area contributed by atoms with Crippen molar-refractivity contribution in [3.05, 3.63) is 35.9 Å². The van der Waals surface area contributed by atoms with Crippen LogP contribution in [0.4, 0.5) is 0 Å². The molecule has 0 aliphatic carbocycles. The van der Waals surface area contributed by atoms with E-state index in [-0.39, 0.29) is 26.3 Å². The zero-order valence-corrected chi connectivity index (χ0v) is 11.1. The first-order chi connectivity index (χ1) is 9.13. The van der Waals surface area contributed by atoms with E-state index in [0.717, 1.165) is 0 Å². The van der Waals surface area contributed by atoms with Gasteiger partial charge in [0.05, 0.1) is 13.2 Å². The van der Waals surface area contributed by atoms with Gasteiger partial charge in [-0.2, -0.15) is 0 Å². The lowest BCUT2D eigenvalue weighted by Gasteiger charge is -2.40. The number of hydrogen-bond donors (Lipinski definition) is 3. The number of carboxylic acids is 1. The minimum Gasteiger partial charge on any atom is -0.480 e. The van der Waals surface area contributed by atoms with Crippen LogP contribution in [-0.2, 0) is 10.3 Å². The summed E-state index contributed by atoms with van der Waals surface area (Å²) in [7, 11) is 0. The molecule has 0 radical (unpaired) electrons. The monoisotopic (exact) mass is 267 g/mol. The number of benzene rings is 1. The topological polar surface area (TPSA) is 81.0 Å². The van der Waals surface area contributed by atoms with Crippen LogP contribution in [0.25, 0.3) is 0 Å². The molecule has 0 aliphatic rings. The predicted octanol–water partition coefficient (Wildman–Crippen LogP) is 0.663. The summed E-state index contributed by atoms with van der Waals surface area (Å²) in [4.78, 5) is 13.5. The minimum absolute atomic E-state index is 0.151. The van der Waals surface area contributed by atoms with Gasteiger partial charge in [-0.1, -0.05) is 37.3 Å². The summed E-state index contributed by atoms with van der Waals surface area (Å²) in [6.45, 7) is 1.90. The summed E-state index contributed by atoms with van der Waals surface area (Å²) >= 11 is 0. The molecular formula is C14H21NO4. The van der Waals surface area contributed by atoms with E-state index in [4.69, 9.17) is 10.2 Å². The molecule has 0 spiro atoms. The molecule has 1 aromatic rings. The van der Waals surface area contributed by atoms with E-state index in [0.29, 0.717) is 12.0 Å². The zero-order valence-electron chi connectivity index (χ0n) is 11.1. The van der Waals surface area contributed by atoms with Crippen molar-refractivity contribution in [3.8, 4) is 0 Å². The van der Waals surface area contributed by atoms with E-state index in [1.807, 2.05) is 6.07 Å². The molecule has 0 saturated heterocycles. The highest BCUT2D eigenvalue weighted by molar-refractivity contribution is 5.80. The van der Waals surface area contributed by atoms with Crippen LogP contribution in [0, 0.1) is 0 Å². The first kappa shape index (κ1) is 15.6. The maximum Gasteiger partial charge on any atom is 0.328 e. The van der Waals surface area contributed by atoms with Gasteiger partial charge >= 0.3 is 5.97 Å². The van der Waals surface area contributed by atoms with E-state index >= 15 is 0 Å². The second-order valence-electron chi connectivity index (χ2n) is 4.32. The van der Waals surface area contributed by atoms with Crippen molar-refractivity contribution in [2.75, 3.05) is 26.3 Å². The van der Waals surface area contributed by atoms with Crippen LogP contribution in [-0.4, -0.2) is 52.5 Å². The smallest absolute Gasteiger partial charge is 0.328 e. The van der Waals surface area contributed by atoms with Crippen LogP contribution in [0.5, 0.6) is 0 Å². The average Bonchev–Trinajstić information content (AvgIpc) is 2.41. The summed E-state index contributed by atoms with van der Waals surface area (Å²) in [6, 6.07) is 8.93. The van der Waals surface area contributed by atoms with Gasteiger partial charge in [-0.3, -0.25) is 4.90 Å². The maximum absolute atomic E-state index is 11.8. The molecule has 1 unspecified atom stereocenters. The fourth-order valence-corrected chi connectivity index (χ4v) is 2.47. The molecular weight excluding hydrogens is 246 g/mol. The Morgan fingerprint density at radius 2 is 1.68 bits per heavy atom. The fourth-order valence-electron chi connectivity index (χ4n) is 2.47. The summed E-state index contributed by atoms with van der Waals surface area (Å²) in [5.41, 5.74) is -0.556. The van der Waals surface area contributed by atoms with Crippen molar-refractivity contribution in [2.24, 2.45) is 0 Å². The lowest BCUT2D eigenvalue weighted by Crippen LogP contribution is -2.53. The maximum atomic E-state index is 11.8. The van der Waals surface area contributed by atoms with Crippen LogP contribution < -0.4 is 0 Å². The molecule has 0 amide bonds. The average molecular weight is 267 g/mol. The Morgan fingerprint density at radius 1 is 1.16 bits per heavy atom. The van der Waals surface area contributed by atoms with Crippen molar-refractivity contribution in [1.29, 1.82) is 0 Å². The second kappa shape index (κ2) is 7.23. The molecule has 5 nitrogen and oxygen atoms in total. The Labute approximate surface area is 113 Å². The number of aliphatic carboxylic acids is 1. The molecule has 0 saturated carbocycles. The number of nitrogens with zero attached hydrogens (tertiary/aromatic N) is 1. The van der Waals surface area contributed by atoms with Gasteiger partial charge in [-0.15, -0.1) is 0 Å². The van der Waals surface area contributed by atoms with Crippen molar-refractivity contribution in [1.82, 2.24) is 4.90 Å². The highest BCUT2D eigenvalue weighted by atomic mass is 16.4. The van der Waals surface area contributed by atoms with E-state index in [1.54, 1.807) is 36.1 Å². The molecule has 1 aromatic carbocycles. The second-order valence-corrected chi connectivity index (χ2v) is 4.32. The Bertz CT molecular complexity index is 390. The molecule has 0 aromatic heterocycles. The van der Waals surface area contributed by atoms with Gasteiger partial charge in [-0.05, 0) is 12.0 Å². The minimum atomic E-state index is -1.22. The molecule has 3 N–H and O–H groups in total. The van der Waals surface area contributed by atoms with Crippen molar-refractivity contribution in [2.45, 2.75) is 18.9 Å². The summed E-state index contributed by atoms with van der Waals surface area (Å²) in [5.74, 6) is -0.969. The van der Waals surface area contributed by atoms with Crippen LogP contribution >= 0.6 is 0 Å². The van der Waals surface area contributed by atoms with E-state index in [2.05, 4.69) is 0 Å². The molecule has 106 valence electrons. The van der Waals surface area contributed by atoms with E-state index in [9.17, 15) is 9.90 Å². The number of hydrogen-bond acceptors (Lipinski definition) is 4. The van der Waals surface area contributed by atoms with Crippen molar-refractivity contribution in [3.63, 3.8) is 0 Å². The number of rotatable bonds is 8. The zero-order chi connectivity index (χ0) is 14.3. The third-order valence-corrected chi connectivity index (χ3v) is 3.40. The Morgan fingerprint density at radius 3 is 2.05 bits per heavy atom. The van der Waals surface area contributed by atoms with Gasteiger partial charge in [0, 0.05) is 13.1 Å². The van der Waals surface area contributed by atoms with Crippen molar-refractivity contribution < 1.29 is 20.1 Å². The van der Waals surface area contributed by atoms with E-state index in [1.165, 1.54) is 0 Å². The molecule has 0 aliphatic heterocycles.